The van der Waals surface area contributed by atoms with Gasteiger partial charge in [0.1, 0.15) is 6.61 Å². The van der Waals surface area contributed by atoms with Crippen LogP contribution in [0.15, 0.2) is 146 Å². The number of aliphatic hydroxyl groups is 1. The predicted molar refractivity (Wildman–Crippen MR) is 278 cm³/mol. The van der Waals surface area contributed by atoms with Gasteiger partial charge >= 0.3 is 11.9 Å². The Hall–Kier alpha value is -4.22. The molecule has 0 aromatic heterocycles. The SMILES string of the molecule is CC/C=C\C/C=C\C/C=C\C/C=C\C/C=C\C/C=C\C/C=C\CCCC(=O)OC(CO)COC(=O)CCCCCCCCCCCCC/C=C\C/C=C\C/C=C\C/C=C\C/C=C\CC. The first-order chi connectivity index (χ1) is 31.6. The Morgan fingerprint density at radius 2 is 0.641 bits per heavy atom. The van der Waals surface area contributed by atoms with E-state index in [-0.39, 0.29) is 31.6 Å². The van der Waals surface area contributed by atoms with Crippen molar-refractivity contribution in [1.29, 1.82) is 0 Å². The van der Waals surface area contributed by atoms with E-state index >= 15 is 0 Å². The van der Waals surface area contributed by atoms with Crippen LogP contribution >= 0.6 is 0 Å². The van der Waals surface area contributed by atoms with E-state index in [1.807, 2.05) is 0 Å². The summed E-state index contributed by atoms with van der Waals surface area (Å²) >= 11 is 0. The molecule has 0 aliphatic carbocycles. The molecule has 0 rings (SSSR count). The van der Waals surface area contributed by atoms with Crippen LogP contribution in [0.1, 0.15) is 194 Å². The van der Waals surface area contributed by atoms with Gasteiger partial charge in [0.05, 0.1) is 6.61 Å². The molecule has 358 valence electrons. The molecule has 0 heterocycles. The fourth-order valence-corrected chi connectivity index (χ4v) is 6.39. The molecule has 5 nitrogen and oxygen atoms in total. The maximum absolute atomic E-state index is 12.2. The van der Waals surface area contributed by atoms with Crippen molar-refractivity contribution in [2.45, 2.75) is 200 Å². The lowest BCUT2D eigenvalue weighted by Gasteiger charge is -2.15. The van der Waals surface area contributed by atoms with Gasteiger partial charge in [0.15, 0.2) is 6.10 Å². The van der Waals surface area contributed by atoms with E-state index < -0.39 is 6.10 Å². The first-order valence-electron chi connectivity index (χ1n) is 25.4. The minimum Gasteiger partial charge on any atom is -0.462 e. The van der Waals surface area contributed by atoms with Crippen LogP contribution in [0.2, 0.25) is 0 Å². The van der Waals surface area contributed by atoms with E-state index in [1.165, 1.54) is 57.8 Å². The van der Waals surface area contributed by atoms with Gasteiger partial charge in [-0.25, -0.2) is 0 Å². The molecule has 0 saturated heterocycles. The van der Waals surface area contributed by atoms with E-state index in [0.717, 1.165) is 103 Å². The average molecular weight is 881 g/mol. The van der Waals surface area contributed by atoms with Crippen LogP contribution in [0.3, 0.4) is 0 Å². The number of hydrogen-bond donors (Lipinski definition) is 1. The smallest absolute Gasteiger partial charge is 0.306 e. The lowest BCUT2D eigenvalue weighted by atomic mass is 10.0. The molecular weight excluding hydrogens is 789 g/mol. The van der Waals surface area contributed by atoms with Crippen molar-refractivity contribution in [2.75, 3.05) is 13.2 Å². The van der Waals surface area contributed by atoms with Crippen LogP contribution in [0.25, 0.3) is 0 Å². The number of ether oxygens (including phenoxy) is 2. The molecule has 0 amide bonds. The Morgan fingerprint density at radius 3 is 0.984 bits per heavy atom. The van der Waals surface area contributed by atoms with Crippen LogP contribution in [-0.4, -0.2) is 36.4 Å². The average Bonchev–Trinajstić information content (AvgIpc) is 3.30. The van der Waals surface area contributed by atoms with E-state index in [9.17, 15) is 14.7 Å². The molecular formula is C59H92O5. The van der Waals surface area contributed by atoms with Crippen molar-refractivity contribution in [3.05, 3.63) is 146 Å². The fraction of sp³-hybridized carbons (Fsp3) is 0.559. The number of carbonyl (C=O) groups is 2. The predicted octanol–water partition coefficient (Wildman–Crippen LogP) is 17.1. The van der Waals surface area contributed by atoms with Crippen molar-refractivity contribution in [3.63, 3.8) is 0 Å². The quantitative estimate of drug-likeness (QED) is 0.0375. The minimum absolute atomic E-state index is 0.101. The second-order valence-electron chi connectivity index (χ2n) is 16.1. The third-order valence-electron chi connectivity index (χ3n) is 10.1. The molecule has 1 N–H and O–H groups in total. The van der Waals surface area contributed by atoms with Crippen molar-refractivity contribution in [3.8, 4) is 0 Å². The van der Waals surface area contributed by atoms with Crippen molar-refractivity contribution < 1.29 is 24.2 Å². The summed E-state index contributed by atoms with van der Waals surface area (Å²) in [5.41, 5.74) is 0. The highest BCUT2D eigenvalue weighted by molar-refractivity contribution is 5.70. The normalized spacial score (nSPS) is 13.5. The van der Waals surface area contributed by atoms with Crippen molar-refractivity contribution >= 4 is 11.9 Å². The topological polar surface area (TPSA) is 72.8 Å². The van der Waals surface area contributed by atoms with Gasteiger partial charge in [0.25, 0.3) is 0 Å². The first kappa shape index (κ1) is 59.8. The van der Waals surface area contributed by atoms with Gasteiger partial charge in [-0.15, -0.1) is 0 Å². The fourth-order valence-electron chi connectivity index (χ4n) is 6.39. The molecule has 0 aromatic carbocycles. The second-order valence-corrected chi connectivity index (χ2v) is 16.1. The Kier molecular flexibility index (Phi) is 49.6. The van der Waals surface area contributed by atoms with Gasteiger partial charge < -0.3 is 14.6 Å². The summed E-state index contributed by atoms with van der Waals surface area (Å²) in [5.74, 6) is -0.675. The highest BCUT2D eigenvalue weighted by Crippen LogP contribution is 2.13. The maximum atomic E-state index is 12.2. The summed E-state index contributed by atoms with van der Waals surface area (Å²) < 4.78 is 10.6. The summed E-state index contributed by atoms with van der Waals surface area (Å²) in [4.78, 5) is 24.4. The first-order valence-corrected chi connectivity index (χ1v) is 25.4. The van der Waals surface area contributed by atoms with Crippen LogP contribution in [-0.2, 0) is 19.1 Å². The van der Waals surface area contributed by atoms with Gasteiger partial charge in [-0.3, -0.25) is 9.59 Å². The monoisotopic (exact) mass is 881 g/mol. The van der Waals surface area contributed by atoms with E-state index in [4.69, 9.17) is 9.47 Å². The number of unbranched alkanes of at least 4 members (excludes halogenated alkanes) is 12. The summed E-state index contributed by atoms with van der Waals surface area (Å²) in [7, 11) is 0. The highest BCUT2D eigenvalue weighted by Gasteiger charge is 2.16. The van der Waals surface area contributed by atoms with Gasteiger partial charge in [0.2, 0.25) is 0 Å². The highest BCUT2D eigenvalue weighted by atomic mass is 16.6. The molecule has 0 saturated carbocycles. The van der Waals surface area contributed by atoms with Crippen LogP contribution in [0.5, 0.6) is 0 Å². The Labute approximate surface area is 393 Å². The van der Waals surface area contributed by atoms with Gasteiger partial charge in [-0.2, -0.15) is 0 Å². The van der Waals surface area contributed by atoms with Crippen LogP contribution < -0.4 is 0 Å². The molecule has 0 spiro atoms. The largest absolute Gasteiger partial charge is 0.462 e. The molecule has 0 fully saturated rings. The Morgan fingerprint density at radius 1 is 0.359 bits per heavy atom. The number of hydrogen-bond acceptors (Lipinski definition) is 5. The zero-order valence-electron chi connectivity index (χ0n) is 40.7. The molecule has 0 aromatic rings. The molecule has 1 atom stereocenters. The Bertz CT molecular complexity index is 1410. The molecule has 1 unspecified atom stereocenters. The van der Waals surface area contributed by atoms with Gasteiger partial charge in [-0.1, -0.05) is 217 Å². The standard InChI is InChI=1S/C59H92O5/c1-3-5-7-9-11-13-15-17-19-21-23-25-27-28-29-30-32-33-35-37-39-41-43-45-47-49-51-53-58(61)63-56-57(55-60)64-59(62)54-52-50-48-46-44-42-40-38-36-34-31-26-24-22-20-18-16-14-12-10-8-6-4-2/h5-8,11-14,17-20,23-26,28-29,34,36,40,42,46,48,57,60H,3-4,9-10,15-16,21-22,27,30-33,35,37-39,41,43-45,47,49-56H2,1-2H3/b7-5-,8-6-,13-11-,14-12-,19-17-,20-18-,25-23-,26-24-,29-28-,36-34-,42-40-,48-46-. The number of allylic oxidation sites excluding steroid dienone is 24. The zero-order valence-corrected chi connectivity index (χ0v) is 40.7. The zero-order chi connectivity index (χ0) is 46.3. The molecule has 0 aliphatic rings. The van der Waals surface area contributed by atoms with Gasteiger partial charge in [-0.05, 0) is 109 Å². The van der Waals surface area contributed by atoms with Crippen molar-refractivity contribution in [1.82, 2.24) is 0 Å². The molecule has 64 heavy (non-hydrogen) atoms. The van der Waals surface area contributed by atoms with Crippen LogP contribution in [0.4, 0.5) is 0 Å². The van der Waals surface area contributed by atoms with Crippen LogP contribution in [0, 0.1) is 0 Å². The number of esters is 2. The van der Waals surface area contributed by atoms with E-state index in [1.54, 1.807) is 0 Å². The summed E-state index contributed by atoms with van der Waals surface area (Å²) in [6.45, 7) is 3.85. The van der Waals surface area contributed by atoms with E-state index in [0.29, 0.717) is 12.8 Å². The second kappa shape index (κ2) is 53.1. The molecule has 0 aliphatic heterocycles. The molecule has 0 bridgehead atoms. The minimum atomic E-state index is -0.816. The number of carbonyl (C=O) groups excluding carboxylic acids is 2. The lowest BCUT2D eigenvalue weighted by Crippen LogP contribution is -2.28. The lowest BCUT2D eigenvalue weighted by molar-refractivity contribution is -0.161. The Balaban J connectivity index is 3.66. The third-order valence-corrected chi connectivity index (χ3v) is 10.1. The summed E-state index contributed by atoms with van der Waals surface area (Å²) in [6, 6.07) is 0. The third kappa shape index (κ3) is 50.4. The molecule has 5 heteroatoms. The van der Waals surface area contributed by atoms with E-state index in [2.05, 4.69) is 160 Å². The summed E-state index contributed by atoms with van der Waals surface area (Å²) in [6.07, 6.45) is 80.8. The number of rotatable bonds is 44. The number of aliphatic hydroxyl groups excluding tert-OH is 1. The summed E-state index contributed by atoms with van der Waals surface area (Å²) in [5, 5.41) is 9.62. The molecule has 0 radical (unpaired) electrons. The van der Waals surface area contributed by atoms with Gasteiger partial charge in [0, 0.05) is 12.8 Å². The van der Waals surface area contributed by atoms with Crippen molar-refractivity contribution in [2.24, 2.45) is 0 Å². The maximum Gasteiger partial charge on any atom is 0.306 e.